The normalized spacial score (nSPS) is 15.0. The Morgan fingerprint density at radius 3 is 2.65 bits per heavy atom. The van der Waals surface area contributed by atoms with Crippen molar-refractivity contribution in [3.8, 4) is 0 Å². The molecule has 0 spiro atoms. The van der Waals surface area contributed by atoms with Crippen molar-refractivity contribution in [2.45, 2.75) is 71.5 Å². The first-order chi connectivity index (χ1) is 12.2. The average molecular weight is 380 g/mol. The summed E-state index contributed by atoms with van der Waals surface area (Å²) in [6, 6.07) is 0. The number of hydrogen-bond donors (Lipinski definition) is 0. The van der Waals surface area contributed by atoms with Gasteiger partial charge in [-0.3, -0.25) is 4.68 Å². The highest BCUT2D eigenvalue weighted by molar-refractivity contribution is 7.89. The smallest absolute Gasteiger partial charge is 0.246 e. The molecule has 0 aromatic carbocycles. The van der Waals surface area contributed by atoms with Gasteiger partial charge in [0.1, 0.15) is 10.7 Å². The van der Waals surface area contributed by atoms with E-state index in [1.807, 2.05) is 13.1 Å². The first kappa shape index (κ1) is 19.1. The van der Waals surface area contributed by atoms with Crippen molar-refractivity contribution in [1.29, 1.82) is 0 Å². The van der Waals surface area contributed by atoms with Crippen LogP contribution in [-0.4, -0.2) is 39.1 Å². The molecule has 0 N–H and O–H groups in total. The third-order valence-corrected chi connectivity index (χ3v) is 6.92. The number of aromatic nitrogens is 4. The molecule has 1 aliphatic heterocycles. The van der Waals surface area contributed by atoms with Crippen LogP contribution in [0, 0.1) is 19.8 Å². The number of sulfonamides is 1. The lowest BCUT2D eigenvalue weighted by molar-refractivity contribution is 0.458. The zero-order valence-electron chi connectivity index (χ0n) is 16.4. The van der Waals surface area contributed by atoms with E-state index in [4.69, 9.17) is 0 Å². The van der Waals surface area contributed by atoms with Gasteiger partial charge in [0.15, 0.2) is 0 Å². The number of aryl methyl sites for hydroxylation is 3. The first-order valence-electron chi connectivity index (χ1n) is 9.25. The summed E-state index contributed by atoms with van der Waals surface area (Å²) >= 11 is 0. The van der Waals surface area contributed by atoms with Crippen LogP contribution >= 0.6 is 0 Å². The molecule has 7 nitrogen and oxygen atoms in total. The van der Waals surface area contributed by atoms with E-state index in [1.54, 1.807) is 18.7 Å². The van der Waals surface area contributed by atoms with Gasteiger partial charge in [0.25, 0.3) is 0 Å². The van der Waals surface area contributed by atoms with Crippen LogP contribution < -0.4 is 0 Å². The zero-order chi connectivity index (χ0) is 19.1. The minimum Gasteiger partial charge on any atom is -0.335 e. The van der Waals surface area contributed by atoms with E-state index in [0.717, 1.165) is 37.3 Å². The van der Waals surface area contributed by atoms with E-state index >= 15 is 0 Å². The molecule has 0 saturated heterocycles. The van der Waals surface area contributed by atoms with Gasteiger partial charge in [0.05, 0.1) is 23.6 Å². The lowest BCUT2D eigenvalue weighted by atomic mass is 10.2. The number of imidazole rings is 1. The monoisotopic (exact) mass is 379 g/mol. The van der Waals surface area contributed by atoms with E-state index in [-0.39, 0.29) is 6.54 Å². The molecular weight excluding hydrogens is 350 g/mol. The third kappa shape index (κ3) is 3.57. The summed E-state index contributed by atoms with van der Waals surface area (Å²) < 4.78 is 31.7. The van der Waals surface area contributed by atoms with Gasteiger partial charge in [-0.1, -0.05) is 13.8 Å². The fourth-order valence-electron chi connectivity index (χ4n) is 3.59. The minimum atomic E-state index is -3.61. The van der Waals surface area contributed by atoms with Crippen LogP contribution in [0.25, 0.3) is 0 Å². The SMILES string of the molecule is Cc1nn(CC(C)C)c(C)c1S(=O)(=O)N(C)Cc1cn2c(n1)CCCC2. The summed E-state index contributed by atoms with van der Waals surface area (Å²) in [4.78, 5) is 4.95. The van der Waals surface area contributed by atoms with Gasteiger partial charge < -0.3 is 4.57 Å². The quantitative estimate of drug-likeness (QED) is 0.773. The van der Waals surface area contributed by atoms with Crippen LogP contribution in [0.3, 0.4) is 0 Å². The van der Waals surface area contributed by atoms with Gasteiger partial charge in [-0.05, 0) is 32.6 Å². The van der Waals surface area contributed by atoms with Gasteiger partial charge in [0.2, 0.25) is 10.0 Å². The highest BCUT2D eigenvalue weighted by Crippen LogP contribution is 2.25. The molecule has 3 rings (SSSR count). The van der Waals surface area contributed by atoms with Crippen molar-refractivity contribution < 1.29 is 8.42 Å². The Hall–Kier alpha value is -1.67. The third-order valence-electron chi connectivity index (χ3n) is 4.86. The van der Waals surface area contributed by atoms with Crippen molar-refractivity contribution in [3.05, 3.63) is 29.1 Å². The summed E-state index contributed by atoms with van der Waals surface area (Å²) in [5.41, 5.74) is 2.06. The molecule has 144 valence electrons. The highest BCUT2D eigenvalue weighted by atomic mass is 32.2. The van der Waals surface area contributed by atoms with Crippen LogP contribution in [0.15, 0.2) is 11.1 Å². The van der Waals surface area contributed by atoms with Gasteiger partial charge in [-0.2, -0.15) is 9.40 Å². The fourth-order valence-corrected chi connectivity index (χ4v) is 5.10. The highest BCUT2D eigenvalue weighted by Gasteiger charge is 2.29. The molecule has 0 fully saturated rings. The second kappa shape index (κ2) is 7.15. The van der Waals surface area contributed by atoms with E-state index < -0.39 is 10.0 Å². The predicted molar refractivity (Wildman–Crippen MR) is 100 cm³/mol. The van der Waals surface area contributed by atoms with Gasteiger partial charge >= 0.3 is 0 Å². The topological polar surface area (TPSA) is 73.0 Å². The molecule has 0 saturated carbocycles. The average Bonchev–Trinajstić information content (AvgIpc) is 3.07. The largest absolute Gasteiger partial charge is 0.335 e. The first-order valence-corrected chi connectivity index (χ1v) is 10.7. The molecule has 2 aromatic heterocycles. The van der Waals surface area contributed by atoms with E-state index in [0.29, 0.717) is 28.7 Å². The van der Waals surface area contributed by atoms with Crippen LogP contribution in [0.4, 0.5) is 0 Å². The Labute approximate surface area is 156 Å². The maximum Gasteiger partial charge on any atom is 0.246 e. The number of fused-ring (bicyclic) bond motifs is 1. The van der Waals surface area contributed by atoms with Crippen molar-refractivity contribution in [2.75, 3.05) is 7.05 Å². The Kier molecular flexibility index (Phi) is 5.25. The fraction of sp³-hybridized carbons (Fsp3) is 0.667. The van der Waals surface area contributed by atoms with Crippen LogP contribution in [-0.2, 0) is 36.1 Å². The Morgan fingerprint density at radius 2 is 2.00 bits per heavy atom. The maximum atomic E-state index is 13.2. The van der Waals surface area contributed by atoms with Crippen LogP contribution in [0.1, 0.15) is 49.6 Å². The Bertz CT molecular complexity index is 872. The molecule has 0 amide bonds. The Balaban J connectivity index is 1.85. The summed E-state index contributed by atoms with van der Waals surface area (Å²) in [5.74, 6) is 1.47. The molecule has 8 heteroatoms. The second-order valence-electron chi connectivity index (χ2n) is 7.64. The van der Waals surface area contributed by atoms with Crippen LogP contribution in [0.5, 0.6) is 0 Å². The molecule has 26 heavy (non-hydrogen) atoms. The summed E-state index contributed by atoms with van der Waals surface area (Å²) in [5, 5.41) is 4.45. The predicted octanol–water partition coefficient (Wildman–Crippen LogP) is 2.51. The molecule has 0 aliphatic carbocycles. The van der Waals surface area contributed by atoms with Crippen molar-refractivity contribution in [1.82, 2.24) is 23.6 Å². The van der Waals surface area contributed by atoms with Gasteiger partial charge in [-0.15, -0.1) is 0 Å². The van der Waals surface area contributed by atoms with Gasteiger partial charge in [-0.25, -0.2) is 13.4 Å². The maximum absolute atomic E-state index is 13.2. The Morgan fingerprint density at radius 1 is 1.27 bits per heavy atom. The second-order valence-corrected chi connectivity index (χ2v) is 9.62. The zero-order valence-corrected chi connectivity index (χ0v) is 17.2. The number of hydrogen-bond acceptors (Lipinski definition) is 4. The van der Waals surface area contributed by atoms with E-state index in [2.05, 4.69) is 28.5 Å². The molecule has 2 aromatic rings. The number of rotatable bonds is 6. The molecule has 3 heterocycles. The van der Waals surface area contributed by atoms with Crippen molar-refractivity contribution >= 4 is 10.0 Å². The molecule has 0 unspecified atom stereocenters. The molecule has 0 bridgehead atoms. The van der Waals surface area contributed by atoms with E-state index in [1.165, 1.54) is 4.31 Å². The lowest BCUT2D eigenvalue weighted by Crippen LogP contribution is -2.27. The standard InChI is InChI=1S/C18H29N5O2S/c1-13(2)10-23-15(4)18(14(3)20-23)26(24,25)21(5)11-16-12-22-9-7-6-8-17(22)19-16/h12-13H,6-11H2,1-5H3. The lowest BCUT2D eigenvalue weighted by Gasteiger charge is -2.16. The van der Waals surface area contributed by atoms with Crippen molar-refractivity contribution in [2.24, 2.45) is 5.92 Å². The van der Waals surface area contributed by atoms with Crippen molar-refractivity contribution in [3.63, 3.8) is 0 Å². The summed E-state index contributed by atoms with van der Waals surface area (Å²) in [7, 11) is -2.00. The number of nitrogens with zero attached hydrogens (tertiary/aromatic N) is 5. The molecule has 0 atom stereocenters. The summed E-state index contributed by atoms with van der Waals surface area (Å²) in [6.07, 6.45) is 5.27. The molecular formula is C18H29N5O2S. The molecule has 1 aliphatic rings. The minimum absolute atomic E-state index is 0.274. The van der Waals surface area contributed by atoms with Gasteiger partial charge in [0, 0.05) is 32.8 Å². The molecule has 0 radical (unpaired) electrons. The van der Waals surface area contributed by atoms with Crippen LogP contribution in [0.2, 0.25) is 0 Å². The van der Waals surface area contributed by atoms with E-state index in [9.17, 15) is 8.42 Å². The summed E-state index contributed by atoms with van der Waals surface area (Å²) in [6.45, 7) is 9.74.